The van der Waals surface area contributed by atoms with Crippen molar-refractivity contribution >= 4 is 5.97 Å². The molecular formula is C9H8N4O3. The zero-order valence-electron chi connectivity index (χ0n) is 8.10. The summed E-state index contributed by atoms with van der Waals surface area (Å²) in [5.41, 5.74) is 7.81. The van der Waals surface area contributed by atoms with Crippen molar-refractivity contribution in [1.82, 2.24) is 15.4 Å². The Morgan fingerprint density at radius 1 is 1.62 bits per heavy atom. The van der Waals surface area contributed by atoms with Crippen LogP contribution < -0.4 is 5.73 Å². The molecule has 1 aliphatic carbocycles. The fourth-order valence-electron chi connectivity index (χ4n) is 1.87. The Hall–Kier alpha value is -2.15. The Labute approximate surface area is 89.3 Å². The lowest BCUT2D eigenvalue weighted by atomic mass is 9.95. The highest BCUT2D eigenvalue weighted by atomic mass is 16.4. The molecule has 2 aromatic rings. The number of nitrogens with one attached hydrogen (secondary N) is 1. The smallest absolute Gasteiger partial charge is 0.371 e. The zero-order chi connectivity index (χ0) is 11.3. The van der Waals surface area contributed by atoms with Gasteiger partial charge in [-0.1, -0.05) is 0 Å². The number of nitrogens with two attached hydrogens (primary N) is 1. The van der Waals surface area contributed by atoms with E-state index >= 15 is 0 Å². The summed E-state index contributed by atoms with van der Waals surface area (Å²) in [7, 11) is 0. The van der Waals surface area contributed by atoms with E-state index in [9.17, 15) is 4.79 Å². The van der Waals surface area contributed by atoms with Gasteiger partial charge in [-0.25, -0.2) is 4.79 Å². The topological polar surface area (TPSA) is 118 Å². The van der Waals surface area contributed by atoms with Crippen LogP contribution in [0.3, 0.4) is 0 Å². The van der Waals surface area contributed by atoms with E-state index in [-0.39, 0.29) is 11.8 Å². The third-order valence-corrected chi connectivity index (χ3v) is 2.62. The largest absolute Gasteiger partial charge is 0.475 e. The number of aromatic carboxylic acids is 1. The lowest BCUT2D eigenvalue weighted by Gasteiger charge is -2.14. The van der Waals surface area contributed by atoms with E-state index in [4.69, 9.17) is 15.3 Å². The van der Waals surface area contributed by atoms with Gasteiger partial charge in [0.1, 0.15) is 0 Å². The number of carbonyl (C=O) groups is 1. The molecule has 16 heavy (non-hydrogen) atoms. The third-order valence-electron chi connectivity index (χ3n) is 2.62. The number of fused-ring (bicyclic) bond motifs is 3. The van der Waals surface area contributed by atoms with Crippen LogP contribution >= 0.6 is 0 Å². The number of carboxylic acid groups (broad SMARTS) is 1. The van der Waals surface area contributed by atoms with Crippen LogP contribution in [0.4, 0.5) is 0 Å². The Balaban J connectivity index is 2.23. The average Bonchev–Trinajstić information content (AvgIpc) is 2.80. The number of furan rings is 1. The van der Waals surface area contributed by atoms with E-state index in [2.05, 4.69) is 15.4 Å². The van der Waals surface area contributed by atoms with Gasteiger partial charge < -0.3 is 15.3 Å². The molecule has 4 N–H and O–H groups in total. The number of rotatable bonds is 1. The monoisotopic (exact) mass is 220 g/mol. The van der Waals surface area contributed by atoms with Crippen molar-refractivity contribution in [3.05, 3.63) is 23.1 Å². The Morgan fingerprint density at radius 2 is 2.44 bits per heavy atom. The van der Waals surface area contributed by atoms with Crippen molar-refractivity contribution < 1.29 is 14.3 Å². The van der Waals surface area contributed by atoms with Gasteiger partial charge >= 0.3 is 5.97 Å². The van der Waals surface area contributed by atoms with Gasteiger partial charge in [-0.3, -0.25) is 0 Å². The van der Waals surface area contributed by atoms with Gasteiger partial charge in [0.2, 0.25) is 5.76 Å². The van der Waals surface area contributed by atoms with Gasteiger partial charge in [0, 0.05) is 18.0 Å². The fraction of sp³-hybridized carbons (Fsp3) is 0.222. The van der Waals surface area contributed by atoms with Crippen molar-refractivity contribution in [1.29, 1.82) is 0 Å². The lowest BCUT2D eigenvalue weighted by Crippen LogP contribution is -2.17. The van der Waals surface area contributed by atoms with Crippen LogP contribution in [0.25, 0.3) is 11.5 Å². The number of nitrogens with zero attached hydrogens (tertiary/aromatic N) is 2. The van der Waals surface area contributed by atoms with E-state index in [1.165, 1.54) is 6.07 Å². The molecular weight excluding hydrogens is 212 g/mol. The van der Waals surface area contributed by atoms with Crippen molar-refractivity contribution in [2.75, 3.05) is 0 Å². The van der Waals surface area contributed by atoms with Crippen molar-refractivity contribution in [2.24, 2.45) is 5.73 Å². The molecule has 82 valence electrons. The second-order valence-electron chi connectivity index (χ2n) is 3.63. The summed E-state index contributed by atoms with van der Waals surface area (Å²) < 4.78 is 5.22. The summed E-state index contributed by atoms with van der Waals surface area (Å²) in [6, 6.07) is 1.14. The third kappa shape index (κ3) is 1.09. The Bertz CT molecular complexity index is 571. The van der Waals surface area contributed by atoms with Gasteiger partial charge in [-0.05, 0) is 6.07 Å². The highest BCUT2D eigenvalue weighted by Gasteiger charge is 2.30. The normalized spacial score (nSPS) is 17.9. The number of H-pyrrole nitrogens is 1. The van der Waals surface area contributed by atoms with Gasteiger partial charge in [0.15, 0.2) is 11.5 Å². The molecule has 2 heterocycles. The van der Waals surface area contributed by atoms with Crippen LogP contribution in [0, 0.1) is 0 Å². The van der Waals surface area contributed by atoms with Crippen molar-refractivity contribution in [2.45, 2.75) is 12.5 Å². The summed E-state index contributed by atoms with van der Waals surface area (Å²) in [4.78, 5) is 10.8. The van der Waals surface area contributed by atoms with Crippen LogP contribution in [-0.4, -0.2) is 26.5 Å². The second-order valence-corrected chi connectivity index (χ2v) is 3.63. The minimum Gasteiger partial charge on any atom is -0.475 e. The quantitative estimate of drug-likeness (QED) is 0.636. The van der Waals surface area contributed by atoms with Crippen LogP contribution in [0.5, 0.6) is 0 Å². The number of carboxylic acids is 1. The second kappa shape index (κ2) is 2.92. The number of hydrogen-bond acceptors (Lipinski definition) is 5. The van der Waals surface area contributed by atoms with E-state index in [0.717, 1.165) is 0 Å². The molecule has 7 heteroatoms. The molecule has 0 saturated carbocycles. The predicted molar refractivity (Wildman–Crippen MR) is 51.7 cm³/mol. The first-order chi connectivity index (χ1) is 7.66. The molecule has 0 aliphatic heterocycles. The molecule has 0 spiro atoms. The first kappa shape index (κ1) is 9.10. The first-order valence-electron chi connectivity index (χ1n) is 4.69. The average molecular weight is 220 g/mol. The van der Waals surface area contributed by atoms with Gasteiger partial charge in [-0.15, -0.1) is 0 Å². The highest BCUT2D eigenvalue weighted by Crippen LogP contribution is 2.37. The number of aromatic nitrogens is 3. The van der Waals surface area contributed by atoms with E-state index < -0.39 is 5.97 Å². The number of hydrogen-bond donors (Lipinski definition) is 3. The summed E-state index contributed by atoms with van der Waals surface area (Å²) in [5, 5.41) is 19.2. The molecule has 0 radical (unpaired) electrons. The molecule has 0 bridgehead atoms. The van der Waals surface area contributed by atoms with Crippen LogP contribution in [0.1, 0.15) is 27.9 Å². The minimum absolute atomic E-state index is 0.128. The van der Waals surface area contributed by atoms with Crippen LogP contribution in [-0.2, 0) is 6.42 Å². The van der Waals surface area contributed by atoms with Gasteiger partial charge in [0.25, 0.3) is 0 Å². The van der Waals surface area contributed by atoms with Gasteiger partial charge in [0.05, 0.1) is 5.69 Å². The molecule has 1 aliphatic rings. The Kier molecular flexibility index (Phi) is 1.66. The maximum absolute atomic E-state index is 10.8. The van der Waals surface area contributed by atoms with E-state index in [0.29, 0.717) is 29.1 Å². The summed E-state index contributed by atoms with van der Waals surface area (Å²) in [6.45, 7) is 0. The van der Waals surface area contributed by atoms with Crippen LogP contribution in [0.2, 0.25) is 0 Å². The summed E-state index contributed by atoms with van der Waals surface area (Å²) >= 11 is 0. The molecule has 3 rings (SSSR count). The molecule has 2 aromatic heterocycles. The summed E-state index contributed by atoms with van der Waals surface area (Å²) in [6.07, 6.45) is 0.525. The van der Waals surface area contributed by atoms with Gasteiger partial charge in [-0.2, -0.15) is 15.4 Å². The summed E-state index contributed by atoms with van der Waals surface area (Å²) in [5.74, 6) is -0.845. The van der Waals surface area contributed by atoms with E-state index in [1.807, 2.05) is 0 Å². The van der Waals surface area contributed by atoms with Crippen LogP contribution in [0.15, 0.2) is 10.5 Å². The molecule has 0 saturated heterocycles. The molecule has 0 aromatic carbocycles. The van der Waals surface area contributed by atoms with Crippen molar-refractivity contribution in [3.8, 4) is 11.5 Å². The molecule has 1 atom stereocenters. The molecule has 0 amide bonds. The molecule has 1 unspecified atom stereocenters. The predicted octanol–water partition coefficient (Wildman–Crippen LogP) is 0.319. The Morgan fingerprint density at radius 3 is 3.19 bits per heavy atom. The van der Waals surface area contributed by atoms with Crippen molar-refractivity contribution in [3.63, 3.8) is 0 Å². The molecule has 0 fully saturated rings. The fourth-order valence-corrected chi connectivity index (χ4v) is 1.87. The standard InChI is InChI=1S/C9H8N4O3/c10-4-2-5-7(12-13-11-5)8-3(4)1-6(16-8)9(14)15/h1,4H,2,10H2,(H,14,15)(H,11,12,13). The van der Waals surface area contributed by atoms with E-state index in [1.54, 1.807) is 0 Å². The maximum atomic E-state index is 10.8. The first-order valence-corrected chi connectivity index (χ1v) is 4.69. The maximum Gasteiger partial charge on any atom is 0.371 e. The SMILES string of the molecule is NC1Cc2n[nH]nc2-c2oc(C(=O)O)cc21. The zero-order valence-corrected chi connectivity index (χ0v) is 8.10. The highest BCUT2D eigenvalue weighted by molar-refractivity contribution is 5.86. The lowest BCUT2D eigenvalue weighted by molar-refractivity contribution is 0.0663. The minimum atomic E-state index is -1.12. The number of aromatic amines is 1. The molecule has 7 nitrogen and oxygen atoms in total.